The van der Waals surface area contributed by atoms with Gasteiger partial charge in [0.1, 0.15) is 0 Å². The van der Waals surface area contributed by atoms with E-state index in [1.165, 1.54) is 6.92 Å². The van der Waals surface area contributed by atoms with Crippen LogP contribution in [0.25, 0.3) is 0 Å². The fraction of sp³-hybridized carbons (Fsp3) is 0.400. The van der Waals surface area contributed by atoms with Gasteiger partial charge in [0.2, 0.25) is 5.91 Å². The van der Waals surface area contributed by atoms with Crippen LogP contribution in [0.3, 0.4) is 0 Å². The second-order valence-electron chi connectivity index (χ2n) is 3.00. The Balaban J connectivity index is 3.57. The molecule has 0 aromatic rings. The predicted molar refractivity (Wildman–Crippen MR) is 55.6 cm³/mol. The zero-order chi connectivity index (χ0) is 11.1. The van der Waals surface area contributed by atoms with Gasteiger partial charge >= 0.3 is 0 Å². The molecule has 0 saturated heterocycles. The summed E-state index contributed by atoms with van der Waals surface area (Å²) in [5.74, 6) is -0.281. The van der Waals surface area contributed by atoms with Crippen LogP contribution in [0.5, 0.6) is 0 Å². The normalized spacial score (nSPS) is 9.00. The maximum absolute atomic E-state index is 11.0. The number of rotatable bonds is 6. The molecule has 0 fully saturated rings. The highest BCUT2D eigenvalue weighted by molar-refractivity contribution is 5.92. The van der Waals surface area contributed by atoms with Gasteiger partial charge in [-0.05, 0) is 6.92 Å². The van der Waals surface area contributed by atoms with Gasteiger partial charge in [-0.25, -0.2) is 0 Å². The van der Waals surface area contributed by atoms with Crippen molar-refractivity contribution >= 4 is 11.7 Å². The van der Waals surface area contributed by atoms with Gasteiger partial charge in [-0.3, -0.25) is 9.59 Å². The van der Waals surface area contributed by atoms with Crippen LogP contribution in [-0.4, -0.2) is 24.8 Å². The van der Waals surface area contributed by atoms with E-state index in [-0.39, 0.29) is 11.7 Å². The van der Waals surface area contributed by atoms with E-state index < -0.39 is 0 Å². The third-order valence-corrected chi connectivity index (χ3v) is 1.56. The van der Waals surface area contributed by atoms with Crippen LogP contribution in [0.1, 0.15) is 13.8 Å². The molecule has 4 nitrogen and oxygen atoms in total. The van der Waals surface area contributed by atoms with E-state index in [0.29, 0.717) is 24.4 Å². The Kier molecular flexibility index (Phi) is 5.29. The average molecular weight is 196 g/mol. The van der Waals surface area contributed by atoms with E-state index in [9.17, 15) is 9.59 Å². The predicted octanol–water partition coefficient (Wildman–Crippen LogP) is 0.371. The molecule has 0 aliphatic heterocycles. The van der Waals surface area contributed by atoms with Crippen molar-refractivity contribution in [2.75, 3.05) is 13.1 Å². The number of hydrogen-bond donors (Lipinski definition) is 2. The van der Waals surface area contributed by atoms with Crippen molar-refractivity contribution < 1.29 is 9.59 Å². The summed E-state index contributed by atoms with van der Waals surface area (Å²) in [6, 6.07) is 0. The summed E-state index contributed by atoms with van der Waals surface area (Å²) < 4.78 is 0. The van der Waals surface area contributed by atoms with Gasteiger partial charge in [0.05, 0.1) is 5.70 Å². The summed E-state index contributed by atoms with van der Waals surface area (Å²) in [6.07, 6.45) is 0. The molecule has 0 radical (unpaired) electrons. The number of allylic oxidation sites excluding steroid dienone is 1. The fourth-order valence-electron chi connectivity index (χ4n) is 0.665. The molecular formula is C10H16N2O2. The minimum atomic E-state index is -0.180. The second kappa shape index (κ2) is 5.96. The number of hydrogen-bond acceptors (Lipinski definition) is 3. The minimum absolute atomic E-state index is 0.101. The number of ketones is 1. The molecule has 0 aromatic carbocycles. The average Bonchev–Trinajstić information content (AvgIpc) is 2.11. The van der Waals surface area contributed by atoms with Crippen molar-refractivity contribution in [1.82, 2.24) is 10.6 Å². The smallest absolute Gasteiger partial charge is 0.246 e. The lowest BCUT2D eigenvalue weighted by molar-refractivity contribution is -0.117. The van der Waals surface area contributed by atoms with Gasteiger partial charge in [-0.1, -0.05) is 13.2 Å². The highest BCUT2D eigenvalue weighted by Crippen LogP contribution is 1.85. The van der Waals surface area contributed by atoms with Crippen LogP contribution >= 0.6 is 0 Å². The molecule has 0 spiro atoms. The maximum Gasteiger partial charge on any atom is 0.246 e. The second-order valence-corrected chi connectivity index (χ2v) is 3.00. The first kappa shape index (κ1) is 12.4. The molecule has 0 rings (SSSR count). The molecule has 0 aliphatic carbocycles. The summed E-state index contributed by atoms with van der Waals surface area (Å²) in [5.41, 5.74) is 0.824. The highest BCUT2D eigenvalue weighted by atomic mass is 16.1. The van der Waals surface area contributed by atoms with E-state index in [1.807, 2.05) is 0 Å². The summed E-state index contributed by atoms with van der Waals surface area (Å²) in [4.78, 5) is 21.7. The van der Waals surface area contributed by atoms with Crippen LogP contribution in [0.2, 0.25) is 0 Å². The Hall–Kier alpha value is -1.58. The van der Waals surface area contributed by atoms with Crippen molar-refractivity contribution in [2.24, 2.45) is 0 Å². The van der Waals surface area contributed by atoms with Gasteiger partial charge in [-0.2, -0.15) is 0 Å². The van der Waals surface area contributed by atoms with E-state index in [1.54, 1.807) is 6.92 Å². The minimum Gasteiger partial charge on any atom is -0.381 e. The number of carbonyl (C=O) groups excluding carboxylic acids is 2. The van der Waals surface area contributed by atoms with Gasteiger partial charge in [0.15, 0.2) is 5.78 Å². The molecule has 0 bridgehead atoms. The third-order valence-electron chi connectivity index (χ3n) is 1.56. The molecule has 0 saturated carbocycles. The van der Waals surface area contributed by atoms with Crippen molar-refractivity contribution in [3.8, 4) is 0 Å². The molecule has 0 atom stereocenters. The van der Waals surface area contributed by atoms with Crippen LogP contribution in [0.15, 0.2) is 24.4 Å². The van der Waals surface area contributed by atoms with E-state index >= 15 is 0 Å². The maximum atomic E-state index is 11.0. The van der Waals surface area contributed by atoms with Crippen LogP contribution in [0.4, 0.5) is 0 Å². The zero-order valence-electron chi connectivity index (χ0n) is 8.64. The van der Waals surface area contributed by atoms with Crippen LogP contribution in [-0.2, 0) is 9.59 Å². The van der Waals surface area contributed by atoms with Gasteiger partial charge in [0, 0.05) is 25.6 Å². The third kappa shape index (κ3) is 5.13. The van der Waals surface area contributed by atoms with Crippen LogP contribution < -0.4 is 10.6 Å². The molecule has 4 heteroatoms. The van der Waals surface area contributed by atoms with Crippen molar-refractivity contribution in [2.45, 2.75) is 13.8 Å². The standard InChI is InChI=1S/C10H16N2O2/c1-7(2)10(14)12-6-5-11-8(3)9(4)13/h11H,1,3,5-6H2,2,4H3,(H,12,14). The first-order valence-corrected chi connectivity index (χ1v) is 4.32. The monoisotopic (exact) mass is 196 g/mol. The first-order valence-electron chi connectivity index (χ1n) is 4.32. The van der Waals surface area contributed by atoms with Gasteiger partial charge < -0.3 is 10.6 Å². The Morgan fingerprint density at radius 3 is 2.00 bits per heavy atom. The number of carbonyl (C=O) groups is 2. The fourth-order valence-corrected chi connectivity index (χ4v) is 0.665. The van der Waals surface area contributed by atoms with Crippen molar-refractivity contribution in [3.05, 3.63) is 24.4 Å². The quantitative estimate of drug-likeness (QED) is 0.476. The Morgan fingerprint density at radius 2 is 1.57 bits per heavy atom. The summed E-state index contributed by atoms with van der Waals surface area (Å²) >= 11 is 0. The molecule has 0 aliphatic rings. The summed E-state index contributed by atoms with van der Waals surface area (Å²) in [5, 5.41) is 5.41. The lowest BCUT2D eigenvalue weighted by Crippen LogP contribution is -2.32. The SMILES string of the molecule is C=C(C)C(=O)NCCNC(=C)C(C)=O. The van der Waals surface area contributed by atoms with E-state index in [0.717, 1.165) is 0 Å². The Bertz CT molecular complexity index is 241. The largest absolute Gasteiger partial charge is 0.381 e. The molecule has 0 aromatic heterocycles. The van der Waals surface area contributed by atoms with Gasteiger partial charge in [0.25, 0.3) is 0 Å². The number of amides is 1. The van der Waals surface area contributed by atoms with Crippen molar-refractivity contribution in [1.29, 1.82) is 0 Å². The lowest BCUT2D eigenvalue weighted by atomic mass is 10.3. The lowest BCUT2D eigenvalue weighted by Gasteiger charge is -2.07. The molecule has 0 unspecified atom stereocenters. The zero-order valence-corrected chi connectivity index (χ0v) is 8.64. The molecule has 1 amide bonds. The van der Waals surface area contributed by atoms with E-state index in [4.69, 9.17) is 0 Å². The first-order chi connectivity index (χ1) is 6.45. The molecule has 0 heterocycles. The van der Waals surface area contributed by atoms with Crippen molar-refractivity contribution in [3.63, 3.8) is 0 Å². The van der Waals surface area contributed by atoms with E-state index in [2.05, 4.69) is 23.8 Å². The number of nitrogens with one attached hydrogen (secondary N) is 2. The topological polar surface area (TPSA) is 58.2 Å². The molecule has 14 heavy (non-hydrogen) atoms. The van der Waals surface area contributed by atoms with Crippen LogP contribution in [0, 0.1) is 0 Å². The molecule has 78 valence electrons. The summed E-state index contributed by atoms with van der Waals surface area (Å²) in [6.45, 7) is 11.0. The Morgan fingerprint density at radius 1 is 1.07 bits per heavy atom. The van der Waals surface area contributed by atoms with Gasteiger partial charge in [-0.15, -0.1) is 0 Å². The summed E-state index contributed by atoms with van der Waals surface area (Å²) in [7, 11) is 0. The number of Topliss-reactive ketones (excluding diaryl/α,β-unsaturated/α-hetero) is 1. The highest BCUT2D eigenvalue weighted by Gasteiger charge is 2.01. The Labute approximate surface area is 84.1 Å². The molecular weight excluding hydrogens is 180 g/mol. The molecule has 2 N–H and O–H groups in total.